The molecule has 0 saturated heterocycles. The molecule has 1 unspecified atom stereocenters. The van der Waals surface area contributed by atoms with Gasteiger partial charge in [0, 0.05) is 18.5 Å². The van der Waals surface area contributed by atoms with E-state index in [9.17, 15) is 4.79 Å². The molecule has 118 valence electrons. The SMILES string of the molecule is CCC(C)NC(=O)CCN=C(N)NC1CCCCC1.I. The zero-order valence-electron chi connectivity index (χ0n) is 12.7. The van der Waals surface area contributed by atoms with E-state index < -0.39 is 0 Å². The van der Waals surface area contributed by atoms with Crippen LogP contribution in [0.5, 0.6) is 0 Å². The minimum atomic E-state index is 0. The van der Waals surface area contributed by atoms with Crippen molar-refractivity contribution in [3.8, 4) is 0 Å². The third kappa shape index (κ3) is 8.60. The molecule has 6 heteroatoms. The molecule has 0 spiro atoms. The lowest BCUT2D eigenvalue weighted by molar-refractivity contribution is -0.121. The summed E-state index contributed by atoms with van der Waals surface area (Å²) in [5.74, 6) is 0.520. The molecule has 1 amide bonds. The smallest absolute Gasteiger partial charge is 0.222 e. The Hall–Kier alpha value is -0.530. The van der Waals surface area contributed by atoms with Crippen LogP contribution in [0.3, 0.4) is 0 Å². The van der Waals surface area contributed by atoms with Gasteiger partial charge in [0.1, 0.15) is 0 Å². The van der Waals surface area contributed by atoms with Gasteiger partial charge in [-0.05, 0) is 26.2 Å². The quantitative estimate of drug-likeness (QED) is 0.366. The van der Waals surface area contributed by atoms with E-state index in [-0.39, 0.29) is 35.9 Å². The van der Waals surface area contributed by atoms with E-state index >= 15 is 0 Å². The third-order valence-electron chi connectivity index (χ3n) is 3.60. The number of amides is 1. The Bertz CT molecular complexity index is 304. The number of rotatable bonds is 6. The predicted octanol–water partition coefficient (Wildman–Crippen LogP) is 2.15. The van der Waals surface area contributed by atoms with Crippen LogP contribution in [-0.4, -0.2) is 30.5 Å². The van der Waals surface area contributed by atoms with Crippen LogP contribution in [-0.2, 0) is 4.79 Å². The van der Waals surface area contributed by atoms with Gasteiger partial charge in [0.05, 0.1) is 6.54 Å². The highest BCUT2D eigenvalue weighted by molar-refractivity contribution is 14.0. The number of guanidine groups is 1. The molecule has 0 aromatic carbocycles. The lowest BCUT2D eigenvalue weighted by Crippen LogP contribution is -2.41. The molecule has 1 saturated carbocycles. The fraction of sp³-hybridized carbons (Fsp3) is 0.857. The first-order valence-corrected chi connectivity index (χ1v) is 7.47. The van der Waals surface area contributed by atoms with Crippen molar-refractivity contribution in [1.29, 1.82) is 0 Å². The molecule has 0 heterocycles. The van der Waals surface area contributed by atoms with Gasteiger partial charge in [-0.3, -0.25) is 9.79 Å². The van der Waals surface area contributed by atoms with Gasteiger partial charge in [0.25, 0.3) is 0 Å². The van der Waals surface area contributed by atoms with Crippen LogP contribution in [0, 0.1) is 0 Å². The number of halogens is 1. The van der Waals surface area contributed by atoms with E-state index in [0.717, 1.165) is 6.42 Å². The van der Waals surface area contributed by atoms with Gasteiger partial charge in [-0.25, -0.2) is 0 Å². The van der Waals surface area contributed by atoms with Gasteiger partial charge < -0.3 is 16.4 Å². The molecule has 0 aromatic rings. The van der Waals surface area contributed by atoms with E-state index in [1.54, 1.807) is 0 Å². The highest BCUT2D eigenvalue weighted by Crippen LogP contribution is 2.16. The molecule has 4 N–H and O–H groups in total. The summed E-state index contributed by atoms with van der Waals surface area (Å²) < 4.78 is 0. The first-order valence-electron chi connectivity index (χ1n) is 7.47. The normalized spacial score (nSPS) is 18.0. The third-order valence-corrected chi connectivity index (χ3v) is 3.60. The zero-order chi connectivity index (χ0) is 14.1. The summed E-state index contributed by atoms with van der Waals surface area (Å²) in [6.07, 6.45) is 7.54. The maximum absolute atomic E-state index is 11.5. The number of nitrogens with zero attached hydrogens (tertiary/aromatic N) is 1. The Morgan fingerprint density at radius 1 is 1.35 bits per heavy atom. The second kappa shape index (κ2) is 11.2. The number of carbonyl (C=O) groups is 1. The summed E-state index contributed by atoms with van der Waals surface area (Å²) in [6, 6.07) is 0.695. The number of hydrogen-bond acceptors (Lipinski definition) is 2. The second-order valence-electron chi connectivity index (χ2n) is 5.37. The van der Waals surface area contributed by atoms with Crippen molar-refractivity contribution in [1.82, 2.24) is 10.6 Å². The summed E-state index contributed by atoms with van der Waals surface area (Å²) in [7, 11) is 0. The highest BCUT2D eigenvalue weighted by Gasteiger charge is 2.13. The van der Waals surface area contributed by atoms with Crippen molar-refractivity contribution in [2.24, 2.45) is 10.7 Å². The molecule has 20 heavy (non-hydrogen) atoms. The zero-order valence-corrected chi connectivity index (χ0v) is 15.0. The van der Waals surface area contributed by atoms with Crippen LogP contribution in [0.15, 0.2) is 4.99 Å². The van der Waals surface area contributed by atoms with E-state index in [0.29, 0.717) is 25.0 Å². The van der Waals surface area contributed by atoms with Crippen LogP contribution >= 0.6 is 24.0 Å². The van der Waals surface area contributed by atoms with Gasteiger partial charge in [-0.2, -0.15) is 0 Å². The summed E-state index contributed by atoms with van der Waals surface area (Å²) >= 11 is 0. The molecule has 1 aliphatic carbocycles. The number of hydrogen-bond donors (Lipinski definition) is 3. The minimum absolute atomic E-state index is 0. The largest absolute Gasteiger partial charge is 0.370 e. The van der Waals surface area contributed by atoms with Crippen molar-refractivity contribution in [2.45, 2.75) is 70.9 Å². The Labute approximate surface area is 139 Å². The molecule has 5 nitrogen and oxygen atoms in total. The van der Waals surface area contributed by atoms with Crippen molar-refractivity contribution < 1.29 is 4.79 Å². The van der Waals surface area contributed by atoms with E-state index in [4.69, 9.17) is 5.73 Å². The van der Waals surface area contributed by atoms with E-state index in [2.05, 4.69) is 22.5 Å². The summed E-state index contributed by atoms with van der Waals surface area (Å²) in [5, 5.41) is 6.16. The first-order chi connectivity index (χ1) is 9.11. The molecule has 1 rings (SSSR count). The molecule has 0 bridgehead atoms. The Balaban J connectivity index is 0.00000361. The number of nitrogens with two attached hydrogens (primary N) is 1. The summed E-state index contributed by atoms with van der Waals surface area (Å²) in [4.78, 5) is 15.8. The van der Waals surface area contributed by atoms with Crippen molar-refractivity contribution >= 4 is 35.8 Å². The maximum atomic E-state index is 11.5. The van der Waals surface area contributed by atoms with Crippen LogP contribution in [0.4, 0.5) is 0 Å². The Kier molecular flexibility index (Phi) is 10.9. The first kappa shape index (κ1) is 19.5. The van der Waals surface area contributed by atoms with Gasteiger partial charge in [-0.1, -0.05) is 26.2 Å². The molecule has 1 atom stereocenters. The summed E-state index contributed by atoms with van der Waals surface area (Å²) in [6.45, 7) is 4.50. The van der Waals surface area contributed by atoms with Crippen LogP contribution in [0.25, 0.3) is 0 Å². The van der Waals surface area contributed by atoms with Gasteiger partial charge in [-0.15, -0.1) is 24.0 Å². The highest BCUT2D eigenvalue weighted by atomic mass is 127. The Morgan fingerprint density at radius 3 is 2.60 bits per heavy atom. The monoisotopic (exact) mass is 396 g/mol. The predicted molar refractivity (Wildman–Crippen MR) is 94.4 cm³/mol. The van der Waals surface area contributed by atoms with Crippen LogP contribution < -0.4 is 16.4 Å². The summed E-state index contributed by atoms with van der Waals surface area (Å²) in [5.41, 5.74) is 5.83. The topological polar surface area (TPSA) is 79.5 Å². The van der Waals surface area contributed by atoms with E-state index in [1.165, 1.54) is 32.1 Å². The number of carbonyl (C=O) groups excluding carboxylic acids is 1. The molecule has 0 radical (unpaired) electrons. The molecular formula is C14H29IN4O. The average molecular weight is 396 g/mol. The van der Waals surface area contributed by atoms with Crippen molar-refractivity contribution in [2.75, 3.05) is 6.54 Å². The van der Waals surface area contributed by atoms with Gasteiger partial charge >= 0.3 is 0 Å². The second-order valence-corrected chi connectivity index (χ2v) is 5.37. The maximum Gasteiger partial charge on any atom is 0.222 e. The number of aliphatic imine (C=N–C) groups is 1. The average Bonchev–Trinajstić information content (AvgIpc) is 2.39. The van der Waals surface area contributed by atoms with E-state index in [1.807, 2.05) is 6.92 Å². The standard InChI is InChI=1S/C14H28N4O.HI/c1-3-11(2)17-13(19)9-10-16-14(15)18-12-7-5-4-6-8-12;/h11-12H,3-10H2,1-2H3,(H,17,19)(H3,15,16,18);1H. The van der Waals surface area contributed by atoms with Gasteiger partial charge in [0.2, 0.25) is 5.91 Å². The number of nitrogens with one attached hydrogen (secondary N) is 2. The Morgan fingerprint density at radius 2 is 2.00 bits per heavy atom. The van der Waals surface area contributed by atoms with Gasteiger partial charge in [0.15, 0.2) is 5.96 Å². The minimum Gasteiger partial charge on any atom is -0.370 e. The molecule has 0 aromatic heterocycles. The van der Waals surface area contributed by atoms with Crippen LogP contribution in [0.2, 0.25) is 0 Å². The van der Waals surface area contributed by atoms with Crippen LogP contribution in [0.1, 0.15) is 58.8 Å². The molecular weight excluding hydrogens is 367 g/mol. The lowest BCUT2D eigenvalue weighted by atomic mass is 9.96. The fourth-order valence-electron chi connectivity index (χ4n) is 2.23. The molecule has 1 fully saturated rings. The molecule has 0 aliphatic heterocycles. The lowest BCUT2D eigenvalue weighted by Gasteiger charge is -2.23. The fourth-order valence-corrected chi connectivity index (χ4v) is 2.23. The van der Waals surface area contributed by atoms with Crippen molar-refractivity contribution in [3.05, 3.63) is 0 Å². The molecule has 1 aliphatic rings. The van der Waals surface area contributed by atoms with Crippen molar-refractivity contribution in [3.63, 3.8) is 0 Å².